The lowest BCUT2D eigenvalue weighted by Crippen LogP contribution is -2.30. The molecule has 0 aliphatic carbocycles. The molecule has 180 valence electrons. The summed E-state index contributed by atoms with van der Waals surface area (Å²) in [6, 6.07) is 12.3. The van der Waals surface area contributed by atoms with Gasteiger partial charge in [-0.1, -0.05) is 51.3 Å². The molecule has 1 amide bonds. The van der Waals surface area contributed by atoms with Gasteiger partial charge in [0.1, 0.15) is 5.58 Å². The van der Waals surface area contributed by atoms with Gasteiger partial charge in [0.05, 0.1) is 30.2 Å². The highest BCUT2D eigenvalue weighted by Crippen LogP contribution is 2.41. The molecule has 2 aromatic carbocycles. The van der Waals surface area contributed by atoms with Crippen LogP contribution in [0.5, 0.6) is 11.5 Å². The van der Waals surface area contributed by atoms with E-state index in [2.05, 4.69) is 13.8 Å². The van der Waals surface area contributed by atoms with Gasteiger partial charge in [-0.25, -0.2) is 0 Å². The Bertz CT molecular complexity index is 1220. The van der Waals surface area contributed by atoms with Crippen LogP contribution < -0.4 is 14.9 Å². The fourth-order valence-electron chi connectivity index (χ4n) is 4.49. The highest BCUT2D eigenvalue weighted by atomic mass is 16.5. The van der Waals surface area contributed by atoms with E-state index in [1.54, 1.807) is 23.1 Å². The van der Waals surface area contributed by atoms with Crippen LogP contribution in [-0.2, 0) is 0 Å². The zero-order valence-electron chi connectivity index (χ0n) is 20.3. The van der Waals surface area contributed by atoms with Crippen molar-refractivity contribution < 1.29 is 18.7 Å². The Morgan fingerprint density at radius 1 is 0.912 bits per heavy atom. The number of benzene rings is 2. The standard InChI is InChI=1S/C28H33NO5/c1-4-7-11-17-33-22-15-14-19(18-23(22)32-6-3)25-24-26(30)20-12-9-10-13-21(20)34-27(24)28(31)29(25)16-8-5-2/h9-10,12-15,18,25H,4-8,11,16-17H2,1-3H3. The zero-order chi connectivity index (χ0) is 24.1. The van der Waals surface area contributed by atoms with Crippen LogP contribution in [0.25, 0.3) is 11.0 Å². The highest BCUT2D eigenvalue weighted by molar-refractivity contribution is 5.99. The Morgan fingerprint density at radius 3 is 2.47 bits per heavy atom. The molecular formula is C28H33NO5. The summed E-state index contributed by atoms with van der Waals surface area (Å²) >= 11 is 0. The van der Waals surface area contributed by atoms with Gasteiger partial charge in [0, 0.05) is 6.54 Å². The Balaban J connectivity index is 1.80. The van der Waals surface area contributed by atoms with E-state index in [4.69, 9.17) is 13.9 Å². The second-order valence-electron chi connectivity index (χ2n) is 8.62. The predicted octanol–water partition coefficient (Wildman–Crippen LogP) is 6.11. The summed E-state index contributed by atoms with van der Waals surface area (Å²) in [5.74, 6) is 1.20. The van der Waals surface area contributed by atoms with Crippen LogP contribution in [0, 0.1) is 0 Å². The number of ether oxygens (including phenoxy) is 2. The van der Waals surface area contributed by atoms with Crippen molar-refractivity contribution in [2.45, 2.75) is 58.9 Å². The maximum Gasteiger partial charge on any atom is 0.290 e. The first-order valence-corrected chi connectivity index (χ1v) is 12.4. The Kier molecular flexibility index (Phi) is 7.56. The zero-order valence-corrected chi connectivity index (χ0v) is 20.3. The van der Waals surface area contributed by atoms with E-state index in [0.717, 1.165) is 37.7 Å². The molecule has 2 heterocycles. The summed E-state index contributed by atoms with van der Waals surface area (Å²) in [5.41, 5.74) is 1.49. The fourth-order valence-corrected chi connectivity index (χ4v) is 4.49. The average Bonchev–Trinajstić information content (AvgIpc) is 3.13. The third-order valence-electron chi connectivity index (χ3n) is 6.21. The molecule has 0 bridgehead atoms. The minimum Gasteiger partial charge on any atom is -0.490 e. The van der Waals surface area contributed by atoms with Crippen LogP contribution in [0.15, 0.2) is 51.7 Å². The maximum absolute atomic E-state index is 13.6. The van der Waals surface area contributed by atoms with Crippen molar-refractivity contribution in [1.29, 1.82) is 0 Å². The highest BCUT2D eigenvalue weighted by Gasteiger charge is 2.42. The molecule has 0 N–H and O–H groups in total. The number of carbonyl (C=O) groups excluding carboxylic acids is 1. The number of para-hydroxylation sites is 1. The maximum atomic E-state index is 13.6. The average molecular weight is 464 g/mol. The number of carbonyl (C=O) groups is 1. The molecule has 1 aliphatic rings. The Hall–Kier alpha value is -3.28. The summed E-state index contributed by atoms with van der Waals surface area (Å²) in [6.07, 6.45) is 4.98. The van der Waals surface area contributed by atoms with Gasteiger partial charge in [-0.05, 0) is 49.6 Å². The number of unbranched alkanes of at least 4 members (excludes halogenated alkanes) is 3. The smallest absolute Gasteiger partial charge is 0.290 e. The van der Waals surface area contributed by atoms with E-state index in [0.29, 0.717) is 47.8 Å². The summed E-state index contributed by atoms with van der Waals surface area (Å²) < 4.78 is 17.9. The minimum absolute atomic E-state index is 0.141. The van der Waals surface area contributed by atoms with E-state index >= 15 is 0 Å². The largest absolute Gasteiger partial charge is 0.490 e. The first-order chi connectivity index (χ1) is 16.6. The van der Waals surface area contributed by atoms with Crippen molar-refractivity contribution in [3.05, 3.63) is 69.6 Å². The van der Waals surface area contributed by atoms with E-state index < -0.39 is 6.04 Å². The second-order valence-corrected chi connectivity index (χ2v) is 8.62. The first kappa shape index (κ1) is 23.9. The molecule has 0 spiro atoms. The SMILES string of the molecule is CCCCCOc1ccc(C2c3c(oc4ccccc4c3=O)C(=O)N2CCCC)cc1OCC. The lowest BCUT2D eigenvalue weighted by atomic mass is 9.98. The molecule has 0 saturated heterocycles. The normalized spacial score (nSPS) is 15.1. The van der Waals surface area contributed by atoms with Crippen LogP contribution in [0.3, 0.4) is 0 Å². The van der Waals surface area contributed by atoms with Gasteiger partial charge in [0.15, 0.2) is 16.9 Å². The van der Waals surface area contributed by atoms with E-state index in [-0.39, 0.29) is 17.1 Å². The lowest BCUT2D eigenvalue weighted by molar-refractivity contribution is 0.0725. The van der Waals surface area contributed by atoms with E-state index in [1.165, 1.54) is 0 Å². The van der Waals surface area contributed by atoms with Gasteiger partial charge in [0.2, 0.25) is 5.76 Å². The van der Waals surface area contributed by atoms with Gasteiger partial charge >= 0.3 is 0 Å². The van der Waals surface area contributed by atoms with Crippen LogP contribution >= 0.6 is 0 Å². The van der Waals surface area contributed by atoms with Crippen molar-refractivity contribution in [1.82, 2.24) is 4.90 Å². The van der Waals surface area contributed by atoms with Gasteiger partial charge in [-0.3, -0.25) is 9.59 Å². The van der Waals surface area contributed by atoms with Gasteiger partial charge in [0.25, 0.3) is 5.91 Å². The van der Waals surface area contributed by atoms with Crippen molar-refractivity contribution in [2.75, 3.05) is 19.8 Å². The number of rotatable bonds is 11. The van der Waals surface area contributed by atoms with Crippen LogP contribution in [0.4, 0.5) is 0 Å². The van der Waals surface area contributed by atoms with E-state index in [9.17, 15) is 9.59 Å². The summed E-state index contributed by atoms with van der Waals surface area (Å²) in [7, 11) is 0. The molecule has 1 aliphatic heterocycles. The Labute approximate surface area is 200 Å². The topological polar surface area (TPSA) is 69.0 Å². The molecule has 6 nitrogen and oxygen atoms in total. The molecule has 1 atom stereocenters. The molecular weight excluding hydrogens is 430 g/mol. The first-order valence-electron chi connectivity index (χ1n) is 12.4. The molecule has 0 saturated carbocycles. The molecule has 4 rings (SSSR count). The number of hydrogen-bond acceptors (Lipinski definition) is 5. The molecule has 1 aromatic heterocycles. The van der Waals surface area contributed by atoms with Gasteiger partial charge in [-0.15, -0.1) is 0 Å². The second kappa shape index (κ2) is 10.8. The van der Waals surface area contributed by atoms with Crippen molar-refractivity contribution in [3.8, 4) is 11.5 Å². The molecule has 3 aromatic rings. The van der Waals surface area contributed by atoms with Crippen LogP contribution in [0.1, 0.15) is 80.6 Å². The monoisotopic (exact) mass is 463 g/mol. The molecule has 0 fully saturated rings. The number of amides is 1. The Morgan fingerprint density at radius 2 is 1.71 bits per heavy atom. The predicted molar refractivity (Wildman–Crippen MR) is 133 cm³/mol. The van der Waals surface area contributed by atoms with Gasteiger partial charge in [-0.2, -0.15) is 0 Å². The lowest BCUT2D eigenvalue weighted by Gasteiger charge is -2.25. The molecule has 6 heteroatoms. The van der Waals surface area contributed by atoms with Crippen LogP contribution in [-0.4, -0.2) is 30.6 Å². The summed E-state index contributed by atoms with van der Waals surface area (Å²) in [6.45, 7) is 7.82. The molecule has 34 heavy (non-hydrogen) atoms. The molecule has 0 radical (unpaired) electrons. The minimum atomic E-state index is -0.525. The summed E-state index contributed by atoms with van der Waals surface area (Å²) in [4.78, 5) is 28.7. The molecule has 1 unspecified atom stereocenters. The van der Waals surface area contributed by atoms with Gasteiger partial charge < -0.3 is 18.8 Å². The quantitative estimate of drug-likeness (QED) is 0.321. The summed E-state index contributed by atoms with van der Waals surface area (Å²) in [5, 5.41) is 0.484. The third kappa shape index (κ3) is 4.54. The third-order valence-corrected chi connectivity index (χ3v) is 6.21. The van der Waals surface area contributed by atoms with Crippen LogP contribution in [0.2, 0.25) is 0 Å². The van der Waals surface area contributed by atoms with Crippen molar-refractivity contribution in [2.24, 2.45) is 0 Å². The van der Waals surface area contributed by atoms with Crippen molar-refractivity contribution in [3.63, 3.8) is 0 Å². The number of hydrogen-bond donors (Lipinski definition) is 0. The number of nitrogens with zero attached hydrogens (tertiary/aromatic N) is 1. The van der Waals surface area contributed by atoms with E-state index in [1.807, 2.05) is 31.2 Å². The fraction of sp³-hybridized carbons (Fsp3) is 0.429. The van der Waals surface area contributed by atoms with Crippen molar-refractivity contribution >= 4 is 16.9 Å². The number of fused-ring (bicyclic) bond motifs is 2.